The van der Waals surface area contributed by atoms with E-state index in [1.165, 1.54) is 0 Å². The third kappa shape index (κ3) is 1.12. The van der Waals surface area contributed by atoms with Crippen LogP contribution in [0.5, 0.6) is 0 Å². The van der Waals surface area contributed by atoms with Crippen LogP contribution in [-0.2, 0) is 19.4 Å². The van der Waals surface area contributed by atoms with Crippen LogP contribution in [0.1, 0.15) is 23.4 Å². The van der Waals surface area contributed by atoms with Crippen molar-refractivity contribution in [1.82, 2.24) is 10.2 Å². The lowest BCUT2D eigenvalue weighted by atomic mass is 9.94. The predicted molar refractivity (Wildman–Crippen MR) is 43.4 cm³/mol. The lowest BCUT2D eigenvalue weighted by molar-refractivity contribution is 0.299. The molecule has 0 bridgehead atoms. The smallest absolute Gasteiger partial charge is 0.106 e. The molecule has 0 radical (unpaired) electrons. The molecule has 3 N–H and O–H groups in total. The molecule has 1 aliphatic rings. The van der Waals surface area contributed by atoms with E-state index in [1.54, 1.807) is 0 Å². The summed E-state index contributed by atoms with van der Waals surface area (Å²) in [5.41, 5.74) is 8.46. The number of hydrogen-bond donors (Lipinski definition) is 2. The first-order chi connectivity index (χ1) is 5.81. The van der Waals surface area contributed by atoms with Crippen LogP contribution in [0.4, 0.5) is 4.39 Å². The number of H-pyrrole nitrogens is 1. The van der Waals surface area contributed by atoms with Gasteiger partial charge in [0.1, 0.15) is 6.17 Å². The normalized spacial score (nSPS) is 22.3. The summed E-state index contributed by atoms with van der Waals surface area (Å²) < 4.78 is 12.9. The fourth-order valence-electron chi connectivity index (χ4n) is 1.70. The molecule has 1 unspecified atom stereocenters. The van der Waals surface area contributed by atoms with Crippen molar-refractivity contribution in [3.8, 4) is 0 Å². The number of nitrogens with two attached hydrogens (primary N) is 1. The first-order valence-corrected chi connectivity index (χ1v) is 4.20. The molecule has 0 spiro atoms. The summed E-state index contributed by atoms with van der Waals surface area (Å²) in [6.45, 7) is 0.447. The van der Waals surface area contributed by atoms with Crippen molar-refractivity contribution in [3.05, 3.63) is 17.0 Å². The Kier molecular flexibility index (Phi) is 1.84. The Morgan fingerprint density at radius 1 is 1.67 bits per heavy atom. The van der Waals surface area contributed by atoms with E-state index >= 15 is 0 Å². The molecule has 1 aliphatic carbocycles. The topological polar surface area (TPSA) is 54.7 Å². The fourth-order valence-corrected chi connectivity index (χ4v) is 1.70. The van der Waals surface area contributed by atoms with Gasteiger partial charge in [-0.2, -0.15) is 5.10 Å². The van der Waals surface area contributed by atoms with Gasteiger partial charge < -0.3 is 5.73 Å². The van der Waals surface area contributed by atoms with Crippen molar-refractivity contribution in [2.24, 2.45) is 5.73 Å². The monoisotopic (exact) mass is 169 g/mol. The maximum Gasteiger partial charge on any atom is 0.106 e. The summed E-state index contributed by atoms with van der Waals surface area (Å²) in [6, 6.07) is 0. The summed E-state index contributed by atoms with van der Waals surface area (Å²) in [5, 5.41) is 6.87. The van der Waals surface area contributed by atoms with Crippen LogP contribution in [0, 0.1) is 0 Å². The molecule has 0 fully saturated rings. The van der Waals surface area contributed by atoms with Crippen molar-refractivity contribution in [2.45, 2.75) is 32.0 Å². The van der Waals surface area contributed by atoms with E-state index in [9.17, 15) is 4.39 Å². The van der Waals surface area contributed by atoms with Gasteiger partial charge in [0, 0.05) is 18.7 Å². The highest BCUT2D eigenvalue weighted by molar-refractivity contribution is 5.28. The molecule has 1 aromatic rings. The standard InChI is InChI=1S/C8H12FN3/c9-5-1-2-6-7(3-5)11-12-8(6)4-10/h5H,1-4,10H2,(H,11,12). The summed E-state index contributed by atoms with van der Waals surface area (Å²) in [4.78, 5) is 0. The van der Waals surface area contributed by atoms with Crippen LogP contribution in [-0.4, -0.2) is 16.4 Å². The minimum Gasteiger partial charge on any atom is -0.325 e. The zero-order valence-electron chi connectivity index (χ0n) is 6.81. The fraction of sp³-hybridized carbons (Fsp3) is 0.625. The van der Waals surface area contributed by atoms with Crippen molar-refractivity contribution in [3.63, 3.8) is 0 Å². The first-order valence-electron chi connectivity index (χ1n) is 4.20. The van der Waals surface area contributed by atoms with Gasteiger partial charge in [-0.05, 0) is 18.4 Å². The molecular weight excluding hydrogens is 157 g/mol. The SMILES string of the molecule is NCc1n[nH]c2c1CCC(F)C2. The van der Waals surface area contributed by atoms with Gasteiger partial charge in [-0.25, -0.2) is 4.39 Å². The highest BCUT2D eigenvalue weighted by Crippen LogP contribution is 2.23. The maximum atomic E-state index is 12.9. The number of aromatic amines is 1. The van der Waals surface area contributed by atoms with E-state index in [0.29, 0.717) is 19.4 Å². The molecule has 1 aromatic heterocycles. The van der Waals surface area contributed by atoms with Crippen LogP contribution in [0.25, 0.3) is 0 Å². The summed E-state index contributed by atoms with van der Waals surface area (Å²) in [6.07, 6.45) is 1.16. The molecular formula is C8H12FN3. The van der Waals surface area contributed by atoms with Crippen molar-refractivity contribution >= 4 is 0 Å². The van der Waals surface area contributed by atoms with Gasteiger partial charge >= 0.3 is 0 Å². The Balaban J connectivity index is 2.32. The minimum absolute atomic E-state index is 0.447. The summed E-state index contributed by atoms with van der Waals surface area (Å²) in [5.74, 6) is 0. The number of rotatable bonds is 1. The van der Waals surface area contributed by atoms with Gasteiger partial charge in [0.2, 0.25) is 0 Å². The average Bonchev–Trinajstić information content (AvgIpc) is 2.46. The lowest BCUT2D eigenvalue weighted by Crippen LogP contribution is -2.15. The summed E-state index contributed by atoms with van der Waals surface area (Å²) >= 11 is 0. The second-order valence-electron chi connectivity index (χ2n) is 3.17. The van der Waals surface area contributed by atoms with Gasteiger partial charge in [0.15, 0.2) is 0 Å². The van der Waals surface area contributed by atoms with Crippen LogP contribution < -0.4 is 5.73 Å². The van der Waals surface area contributed by atoms with Crippen LogP contribution in [0.15, 0.2) is 0 Å². The summed E-state index contributed by atoms with van der Waals surface area (Å²) in [7, 11) is 0. The first kappa shape index (κ1) is 7.73. The van der Waals surface area contributed by atoms with Crippen LogP contribution in [0.2, 0.25) is 0 Å². The predicted octanol–water partition coefficient (Wildman–Crippen LogP) is 0.695. The van der Waals surface area contributed by atoms with E-state index in [1.807, 2.05) is 0 Å². The molecule has 4 heteroatoms. The Labute approximate surface area is 70.2 Å². The number of nitrogens with one attached hydrogen (secondary N) is 1. The molecule has 1 heterocycles. The van der Waals surface area contributed by atoms with Crippen LogP contribution >= 0.6 is 0 Å². The number of aromatic nitrogens is 2. The number of fused-ring (bicyclic) bond motifs is 1. The quantitative estimate of drug-likeness (QED) is 0.650. The van der Waals surface area contributed by atoms with Gasteiger partial charge in [-0.15, -0.1) is 0 Å². The molecule has 66 valence electrons. The molecule has 12 heavy (non-hydrogen) atoms. The molecule has 0 saturated heterocycles. The Bertz CT molecular complexity index is 282. The van der Waals surface area contributed by atoms with E-state index in [-0.39, 0.29) is 0 Å². The molecule has 0 amide bonds. The second-order valence-corrected chi connectivity index (χ2v) is 3.17. The largest absolute Gasteiger partial charge is 0.325 e. The number of nitrogens with zero attached hydrogens (tertiary/aromatic N) is 1. The lowest BCUT2D eigenvalue weighted by Gasteiger charge is -2.14. The van der Waals surface area contributed by atoms with Gasteiger partial charge in [-0.1, -0.05) is 0 Å². The number of alkyl halides is 1. The third-order valence-corrected chi connectivity index (χ3v) is 2.36. The van der Waals surface area contributed by atoms with Gasteiger partial charge in [0.25, 0.3) is 0 Å². The zero-order valence-corrected chi connectivity index (χ0v) is 6.81. The number of halogens is 1. The maximum absolute atomic E-state index is 12.9. The molecule has 0 aliphatic heterocycles. The molecule has 3 nitrogen and oxygen atoms in total. The highest BCUT2D eigenvalue weighted by Gasteiger charge is 2.22. The van der Waals surface area contributed by atoms with Gasteiger partial charge in [-0.3, -0.25) is 5.10 Å². The molecule has 2 rings (SSSR count). The second kappa shape index (κ2) is 2.86. The molecule has 0 saturated carbocycles. The Morgan fingerprint density at radius 3 is 3.25 bits per heavy atom. The average molecular weight is 169 g/mol. The Hall–Kier alpha value is -0.900. The molecule has 1 atom stereocenters. The van der Waals surface area contributed by atoms with Crippen molar-refractivity contribution in [1.29, 1.82) is 0 Å². The van der Waals surface area contributed by atoms with E-state index in [0.717, 1.165) is 23.4 Å². The van der Waals surface area contributed by atoms with Crippen LogP contribution in [0.3, 0.4) is 0 Å². The van der Waals surface area contributed by atoms with E-state index in [4.69, 9.17) is 5.73 Å². The molecule has 0 aromatic carbocycles. The van der Waals surface area contributed by atoms with Crippen molar-refractivity contribution < 1.29 is 4.39 Å². The van der Waals surface area contributed by atoms with Gasteiger partial charge in [0.05, 0.1) is 5.69 Å². The Morgan fingerprint density at radius 2 is 2.50 bits per heavy atom. The van der Waals surface area contributed by atoms with E-state index in [2.05, 4.69) is 10.2 Å². The number of hydrogen-bond acceptors (Lipinski definition) is 2. The zero-order chi connectivity index (χ0) is 8.55. The highest BCUT2D eigenvalue weighted by atomic mass is 19.1. The van der Waals surface area contributed by atoms with Crippen molar-refractivity contribution in [2.75, 3.05) is 0 Å². The minimum atomic E-state index is -0.705. The van der Waals surface area contributed by atoms with E-state index < -0.39 is 6.17 Å². The third-order valence-electron chi connectivity index (χ3n) is 2.36.